The molecule has 2 unspecified atom stereocenters. The molecular formula is C12H17BrClNS. The first-order chi connectivity index (χ1) is 7.54. The second-order valence-electron chi connectivity index (χ2n) is 3.91. The fourth-order valence-corrected chi connectivity index (χ4v) is 3.10. The Morgan fingerprint density at radius 3 is 2.69 bits per heavy atom. The molecule has 2 atom stereocenters. The van der Waals surface area contributed by atoms with E-state index in [0.717, 1.165) is 20.8 Å². The number of rotatable bonds is 5. The van der Waals surface area contributed by atoms with E-state index in [1.54, 1.807) is 0 Å². The Morgan fingerprint density at radius 2 is 2.12 bits per heavy atom. The molecule has 0 bridgehead atoms. The van der Waals surface area contributed by atoms with Gasteiger partial charge in [-0.3, -0.25) is 0 Å². The van der Waals surface area contributed by atoms with Crippen LogP contribution in [0, 0.1) is 0 Å². The van der Waals surface area contributed by atoms with Gasteiger partial charge >= 0.3 is 0 Å². The summed E-state index contributed by atoms with van der Waals surface area (Å²) in [4.78, 5) is 0. The van der Waals surface area contributed by atoms with Crippen molar-refractivity contribution < 1.29 is 0 Å². The molecule has 0 heterocycles. The molecule has 0 aliphatic carbocycles. The highest BCUT2D eigenvalue weighted by molar-refractivity contribution is 9.10. The van der Waals surface area contributed by atoms with Crippen LogP contribution in [0.3, 0.4) is 0 Å². The molecule has 1 N–H and O–H groups in total. The van der Waals surface area contributed by atoms with E-state index in [2.05, 4.69) is 47.4 Å². The number of nitrogens with one attached hydrogen (secondary N) is 1. The van der Waals surface area contributed by atoms with Gasteiger partial charge in [-0.15, -0.1) is 0 Å². The summed E-state index contributed by atoms with van der Waals surface area (Å²) in [7, 11) is 0. The Morgan fingerprint density at radius 1 is 1.44 bits per heavy atom. The molecule has 16 heavy (non-hydrogen) atoms. The van der Waals surface area contributed by atoms with Crippen molar-refractivity contribution in [2.24, 2.45) is 0 Å². The van der Waals surface area contributed by atoms with Gasteiger partial charge < -0.3 is 5.32 Å². The monoisotopic (exact) mass is 321 g/mol. The average molecular weight is 323 g/mol. The molecule has 1 rings (SSSR count). The molecule has 0 aromatic heterocycles. The maximum atomic E-state index is 6.21. The summed E-state index contributed by atoms with van der Waals surface area (Å²) in [5.74, 6) is 1.11. The quantitative estimate of drug-likeness (QED) is 0.856. The van der Waals surface area contributed by atoms with Crippen molar-refractivity contribution in [1.82, 2.24) is 5.32 Å². The van der Waals surface area contributed by atoms with Crippen molar-refractivity contribution in [2.75, 3.05) is 12.0 Å². The third-order valence-corrected chi connectivity index (χ3v) is 4.03. The predicted molar refractivity (Wildman–Crippen MR) is 78.5 cm³/mol. The normalized spacial score (nSPS) is 14.8. The van der Waals surface area contributed by atoms with Gasteiger partial charge in [-0.1, -0.05) is 33.6 Å². The molecule has 90 valence electrons. The zero-order chi connectivity index (χ0) is 12.1. The van der Waals surface area contributed by atoms with Crippen LogP contribution in [0.4, 0.5) is 0 Å². The molecule has 0 fully saturated rings. The van der Waals surface area contributed by atoms with Crippen LogP contribution in [-0.2, 0) is 0 Å². The molecule has 4 heteroatoms. The van der Waals surface area contributed by atoms with Crippen LogP contribution in [-0.4, -0.2) is 18.1 Å². The average Bonchev–Trinajstić information content (AvgIpc) is 2.17. The molecule has 1 aromatic carbocycles. The zero-order valence-electron chi connectivity index (χ0n) is 9.76. The van der Waals surface area contributed by atoms with Crippen LogP contribution in [0.25, 0.3) is 0 Å². The first kappa shape index (κ1) is 14.4. The van der Waals surface area contributed by atoms with Gasteiger partial charge in [0.1, 0.15) is 0 Å². The van der Waals surface area contributed by atoms with E-state index in [-0.39, 0.29) is 6.04 Å². The highest BCUT2D eigenvalue weighted by Crippen LogP contribution is 2.26. The van der Waals surface area contributed by atoms with E-state index in [1.165, 1.54) is 0 Å². The van der Waals surface area contributed by atoms with Gasteiger partial charge in [-0.25, -0.2) is 0 Å². The summed E-state index contributed by atoms with van der Waals surface area (Å²) in [6.45, 7) is 4.34. The Bertz CT molecular complexity index is 346. The molecule has 1 nitrogen and oxygen atoms in total. The molecule has 0 aliphatic rings. The summed E-state index contributed by atoms with van der Waals surface area (Å²) in [6.07, 6.45) is 2.12. The number of hydrogen-bond acceptors (Lipinski definition) is 2. The van der Waals surface area contributed by atoms with Crippen molar-refractivity contribution >= 4 is 39.3 Å². The van der Waals surface area contributed by atoms with E-state index in [1.807, 2.05) is 23.9 Å². The summed E-state index contributed by atoms with van der Waals surface area (Å²) in [5, 5.41) is 4.35. The smallest absolute Gasteiger partial charge is 0.0464 e. The maximum Gasteiger partial charge on any atom is 0.0464 e. The molecule has 0 saturated heterocycles. The summed E-state index contributed by atoms with van der Waals surface area (Å²) in [5.41, 5.74) is 1.15. The molecular weight excluding hydrogens is 306 g/mol. The second-order valence-corrected chi connectivity index (χ2v) is 6.14. The number of hydrogen-bond donors (Lipinski definition) is 1. The third kappa shape index (κ3) is 4.28. The molecule has 0 radical (unpaired) electrons. The fourth-order valence-electron chi connectivity index (χ4n) is 1.67. The first-order valence-electron chi connectivity index (χ1n) is 5.24. The van der Waals surface area contributed by atoms with Gasteiger partial charge in [0.2, 0.25) is 0 Å². The lowest BCUT2D eigenvalue weighted by atomic mass is 10.1. The van der Waals surface area contributed by atoms with Crippen LogP contribution >= 0.6 is 39.3 Å². The van der Waals surface area contributed by atoms with Gasteiger partial charge in [0.05, 0.1) is 0 Å². The minimum Gasteiger partial charge on any atom is -0.307 e. The van der Waals surface area contributed by atoms with Gasteiger partial charge in [0, 0.05) is 27.3 Å². The van der Waals surface area contributed by atoms with Crippen molar-refractivity contribution in [1.29, 1.82) is 0 Å². The molecule has 0 aliphatic heterocycles. The molecule has 0 spiro atoms. The zero-order valence-corrected chi connectivity index (χ0v) is 12.9. The van der Waals surface area contributed by atoms with Crippen LogP contribution < -0.4 is 5.32 Å². The maximum absolute atomic E-state index is 6.21. The summed E-state index contributed by atoms with van der Waals surface area (Å²) >= 11 is 11.5. The molecule has 0 saturated carbocycles. The third-order valence-electron chi connectivity index (χ3n) is 2.38. The van der Waals surface area contributed by atoms with Crippen molar-refractivity contribution in [2.45, 2.75) is 25.9 Å². The van der Waals surface area contributed by atoms with Gasteiger partial charge in [-0.05, 0) is 37.8 Å². The van der Waals surface area contributed by atoms with Crippen molar-refractivity contribution in [3.8, 4) is 0 Å². The lowest BCUT2D eigenvalue weighted by molar-refractivity contribution is 0.511. The fraction of sp³-hybridized carbons (Fsp3) is 0.500. The van der Waals surface area contributed by atoms with Crippen LogP contribution in [0.15, 0.2) is 22.7 Å². The predicted octanol–water partition coefficient (Wildman–Crippen LogP) is 4.50. The standard InChI is InChI=1S/C12H17BrClNS/c1-8(7-16-3)15-9(2)11-5-4-10(13)6-12(11)14/h4-6,8-9,15H,7H2,1-3H3. The van der Waals surface area contributed by atoms with E-state index >= 15 is 0 Å². The number of thioether (sulfide) groups is 1. The van der Waals surface area contributed by atoms with E-state index in [0.29, 0.717) is 6.04 Å². The highest BCUT2D eigenvalue weighted by atomic mass is 79.9. The van der Waals surface area contributed by atoms with E-state index < -0.39 is 0 Å². The van der Waals surface area contributed by atoms with E-state index in [9.17, 15) is 0 Å². The Labute approximate surface area is 115 Å². The minimum atomic E-state index is 0.280. The Kier molecular flexibility index (Phi) is 6.19. The van der Waals surface area contributed by atoms with Crippen molar-refractivity contribution in [3.05, 3.63) is 33.3 Å². The van der Waals surface area contributed by atoms with Crippen LogP contribution in [0.2, 0.25) is 5.02 Å². The second kappa shape index (κ2) is 6.90. The molecule has 0 amide bonds. The topological polar surface area (TPSA) is 12.0 Å². The highest BCUT2D eigenvalue weighted by Gasteiger charge is 2.12. The van der Waals surface area contributed by atoms with Gasteiger partial charge in [0.25, 0.3) is 0 Å². The van der Waals surface area contributed by atoms with Crippen LogP contribution in [0.1, 0.15) is 25.5 Å². The minimum absolute atomic E-state index is 0.280. The van der Waals surface area contributed by atoms with Gasteiger partial charge in [-0.2, -0.15) is 11.8 Å². The summed E-state index contributed by atoms with van der Waals surface area (Å²) < 4.78 is 1.02. The molecule has 1 aromatic rings. The summed E-state index contributed by atoms with van der Waals surface area (Å²) in [6, 6.07) is 6.80. The first-order valence-corrected chi connectivity index (χ1v) is 7.81. The van der Waals surface area contributed by atoms with Crippen molar-refractivity contribution in [3.63, 3.8) is 0 Å². The lowest BCUT2D eigenvalue weighted by Gasteiger charge is -2.20. The lowest BCUT2D eigenvalue weighted by Crippen LogP contribution is -2.30. The van der Waals surface area contributed by atoms with Crippen LogP contribution in [0.5, 0.6) is 0 Å². The largest absolute Gasteiger partial charge is 0.307 e. The van der Waals surface area contributed by atoms with Gasteiger partial charge in [0.15, 0.2) is 0 Å². The number of halogens is 2. The number of benzene rings is 1. The Balaban J connectivity index is 2.69. The Hall–Kier alpha value is 0.300. The SMILES string of the molecule is CSCC(C)NC(C)c1ccc(Br)cc1Cl. The van der Waals surface area contributed by atoms with E-state index in [4.69, 9.17) is 11.6 Å².